The summed E-state index contributed by atoms with van der Waals surface area (Å²) >= 11 is 0. The average molecular weight is 216 g/mol. The van der Waals surface area contributed by atoms with Crippen molar-refractivity contribution in [1.29, 1.82) is 5.26 Å². The number of aromatic nitrogens is 2. The molecule has 1 aromatic heterocycles. The molecule has 0 aliphatic carbocycles. The van der Waals surface area contributed by atoms with Gasteiger partial charge in [-0.15, -0.1) is 0 Å². The van der Waals surface area contributed by atoms with Gasteiger partial charge in [0.25, 0.3) is 0 Å². The first-order valence-corrected chi connectivity index (χ1v) is 4.71. The van der Waals surface area contributed by atoms with Gasteiger partial charge >= 0.3 is 0 Å². The third-order valence-corrected chi connectivity index (χ3v) is 2.15. The second-order valence-electron chi connectivity index (χ2n) is 3.27. The first-order chi connectivity index (χ1) is 7.79. The number of hydrogen-bond acceptors (Lipinski definition) is 3. The Morgan fingerprint density at radius 1 is 1.50 bits per heavy atom. The van der Waals surface area contributed by atoms with Crippen molar-refractivity contribution in [2.24, 2.45) is 0 Å². The molecule has 0 bridgehead atoms. The highest BCUT2D eigenvalue weighted by molar-refractivity contribution is 5.40. The van der Waals surface area contributed by atoms with Crippen LogP contribution in [0.5, 0.6) is 0 Å². The van der Waals surface area contributed by atoms with Crippen LogP contribution in [0.1, 0.15) is 11.1 Å². The third kappa shape index (κ3) is 2.17. The van der Waals surface area contributed by atoms with Crippen molar-refractivity contribution in [1.82, 2.24) is 10.2 Å². The van der Waals surface area contributed by atoms with Gasteiger partial charge < -0.3 is 5.32 Å². The van der Waals surface area contributed by atoms with E-state index >= 15 is 0 Å². The summed E-state index contributed by atoms with van der Waals surface area (Å²) < 4.78 is 13.0. The Hall–Kier alpha value is -2.35. The van der Waals surface area contributed by atoms with Crippen LogP contribution in [0.25, 0.3) is 0 Å². The van der Waals surface area contributed by atoms with Crippen molar-refractivity contribution in [3.05, 3.63) is 47.5 Å². The molecule has 2 N–H and O–H groups in total. The molecule has 2 rings (SSSR count). The number of halogens is 1. The third-order valence-electron chi connectivity index (χ3n) is 2.15. The summed E-state index contributed by atoms with van der Waals surface area (Å²) in [6.07, 6.45) is 3.36. The fourth-order valence-corrected chi connectivity index (χ4v) is 1.32. The van der Waals surface area contributed by atoms with Crippen molar-refractivity contribution in [2.45, 2.75) is 6.54 Å². The van der Waals surface area contributed by atoms with E-state index in [1.54, 1.807) is 18.5 Å². The molecule has 2 aromatic rings. The Morgan fingerprint density at radius 2 is 2.38 bits per heavy atom. The van der Waals surface area contributed by atoms with Gasteiger partial charge in [0.05, 0.1) is 17.4 Å². The van der Waals surface area contributed by atoms with Crippen LogP contribution in [0.3, 0.4) is 0 Å². The maximum atomic E-state index is 13.0. The lowest BCUT2D eigenvalue weighted by molar-refractivity contribution is 0.623. The predicted molar refractivity (Wildman–Crippen MR) is 57.0 cm³/mol. The number of anilines is 1. The summed E-state index contributed by atoms with van der Waals surface area (Å²) in [5.41, 5.74) is 1.76. The number of benzene rings is 1. The molecule has 0 amide bonds. The van der Waals surface area contributed by atoms with Crippen molar-refractivity contribution in [3.63, 3.8) is 0 Å². The zero-order valence-electron chi connectivity index (χ0n) is 8.37. The van der Waals surface area contributed by atoms with Gasteiger partial charge in [-0.3, -0.25) is 5.10 Å². The average Bonchev–Trinajstić information content (AvgIpc) is 2.81. The van der Waals surface area contributed by atoms with Gasteiger partial charge in [-0.05, 0) is 17.7 Å². The minimum atomic E-state index is -0.491. The monoisotopic (exact) mass is 216 g/mol. The van der Waals surface area contributed by atoms with E-state index in [-0.39, 0.29) is 5.56 Å². The van der Waals surface area contributed by atoms with Gasteiger partial charge in [-0.1, -0.05) is 6.07 Å². The number of rotatable bonds is 3. The van der Waals surface area contributed by atoms with Crippen molar-refractivity contribution in [3.8, 4) is 6.07 Å². The Morgan fingerprint density at radius 3 is 3.06 bits per heavy atom. The first-order valence-electron chi connectivity index (χ1n) is 4.71. The van der Waals surface area contributed by atoms with E-state index in [0.29, 0.717) is 6.54 Å². The molecule has 0 fully saturated rings. The van der Waals surface area contributed by atoms with Gasteiger partial charge in [0.2, 0.25) is 0 Å². The van der Waals surface area contributed by atoms with Crippen molar-refractivity contribution in [2.75, 3.05) is 5.32 Å². The smallest absolute Gasteiger partial charge is 0.140 e. The van der Waals surface area contributed by atoms with E-state index in [9.17, 15) is 4.39 Å². The number of nitriles is 1. The molecule has 16 heavy (non-hydrogen) atoms. The number of aromatic amines is 1. The first kappa shape index (κ1) is 10.2. The minimum absolute atomic E-state index is 0.0616. The molecule has 0 atom stereocenters. The number of nitrogens with one attached hydrogen (secondary N) is 2. The van der Waals surface area contributed by atoms with Crippen LogP contribution in [0.15, 0.2) is 30.6 Å². The SMILES string of the molecule is N#Cc1cc(CNc2cn[nH]c2)ccc1F. The molecule has 80 valence electrons. The number of nitrogens with zero attached hydrogens (tertiary/aromatic N) is 2. The summed E-state index contributed by atoms with van der Waals surface area (Å²) in [6, 6.07) is 6.28. The number of H-pyrrole nitrogens is 1. The molecule has 0 aliphatic heterocycles. The van der Waals surface area contributed by atoms with Crippen LogP contribution in [0, 0.1) is 17.1 Å². The van der Waals surface area contributed by atoms with Crippen LogP contribution < -0.4 is 5.32 Å². The van der Waals surface area contributed by atoms with E-state index in [1.165, 1.54) is 12.1 Å². The van der Waals surface area contributed by atoms with E-state index < -0.39 is 5.82 Å². The lowest BCUT2D eigenvalue weighted by Gasteiger charge is -2.04. The highest BCUT2D eigenvalue weighted by Gasteiger charge is 2.02. The van der Waals surface area contributed by atoms with Crippen LogP contribution in [-0.4, -0.2) is 10.2 Å². The standard InChI is InChI=1S/C11H9FN4/c12-11-2-1-8(3-9(11)4-13)5-14-10-6-15-16-7-10/h1-3,6-7,14H,5H2,(H,15,16). The molecule has 0 radical (unpaired) electrons. The molecule has 1 heterocycles. The van der Waals surface area contributed by atoms with E-state index in [2.05, 4.69) is 15.5 Å². The Labute approximate surface area is 91.7 Å². The maximum absolute atomic E-state index is 13.0. The lowest BCUT2D eigenvalue weighted by atomic mass is 10.1. The Balaban J connectivity index is 2.08. The van der Waals surface area contributed by atoms with E-state index in [1.807, 2.05) is 6.07 Å². The molecule has 0 aliphatic rings. The van der Waals surface area contributed by atoms with Gasteiger partial charge in [0.15, 0.2) is 0 Å². The zero-order chi connectivity index (χ0) is 11.4. The summed E-state index contributed by atoms with van der Waals surface area (Å²) in [7, 11) is 0. The molecular weight excluding hydrogens is 207 g/mol. The predicted octanol–water partition coefficient (Wildman–Crippen LogP) is 2.03. The Kier molecular flexibility index (Phi) is 2.83. The summed E-state index contributed by atoms with van der Waals surface area (Å²) in [4.78, 5) is 0. The number of hydrogen-bond donors (Lipinski definition) is 2. The van der Waals surface area contributed by atoms with Crippen molar-refractivity contribution < 1.29 is 4.39 Å². The highest BCUT2D eigenvalue weighted by atomic mass is 19.1. The summed E-state index contributed by atoms with van der Waals surface area (Å²) in [6.45, 7) is 0.522. The second kappa shape index (κ2) is 4.45. The van der Waals surface area contributed by atoms with E-state index in [4.69, 9.17) is 5.26 Å². The molecule has 0 unspecified atom stereocenters. The second-order valence-corrected chi connectivity index (χ2v) is 3.27. The van der Waals surface area contributed by atoms with Gasteiger partial charge in [0, 0.05) is 12.7 Å². The molecule has 0 spiro atoms. The van der Waals surface area contributed by atoms with Crippen molar-refractivity contribution >= 4 is 5.69 Å². The maximum Gasteiger partial charge on any atom is 0.140 e. The molecular formula is C11H9FN4. The molecule has 0 saturated heterocycles. The normalized spacial score (nSPS) is 9.75. The fourth-order valence-electron chi connectivity index (χ4n) is 1.32. The summed E-state index contributed by atoms with van der Waals surface area (Å²) in [5, 5.41) is 18.2. The van der Waals surface area contributed by atoms with Gasteiger partial charge in [-0.25, -0.2) is 4.39 Å². The van der Waals surface area contributed by atoms with Gasteiger partial charge in [-0.2, -0.15) is 10.4 Å². The molecule has 4 nitrogen and oxygen atoms in total. The molecule has 5 heteroatoms. The summed E-state index contributed by atoms with van der Waals surface area (Å²) in [5.74, 6) is -0.491. The fraction of sp³-hybridized carbons (Fsp3) is 0.0909. The van der Waals surface area contributed by atoms with Crippen LogP contribution in [0.4, 0.5) is 10.1 Å². The van der Waals surface area contributed by atoms with Crippen LogP contribution in [0.2, 0.25) is 0 Å². The Bertz CT molecular complexity index is 513. The molecule has 0 saturated carbocycles. The van der Waals surface area contributed by atoms with Crippen LogP contribution in [-0.2, 0) is 6.54 Å². The molecule has 1 aromatic carbocycles. The van der Waals surface area contributed by atoms with E-state index in [0.717, 1.165) is 11.3 Å². The highest BCUT2D eigenvalue weighted by Crippen LogP contribution is 2.11. The quantitative estimate of drug-likeness (QED) is 0.825. The van der Waals surface area contributed by atoms with Crippen LogP contribution >= 0.6 is 0 Å². The topological polar surface area (TPSA) is 64.5 Å². The zero-order valence-corrected chi connectivity index (χ0v) is 8.37. The largest absolute Gasteiger partial charge is 0.378 e. The van der Waals surface area contributed by atoms with Gasteiger partial charge in [0.1, 0.15) is 11.9 Å². The minimum Gasteiger partial charge on any atom is -0.378 e. The lowest BCUT2D eigenvalue weighted by Crippen LogP contribution is -1.99.